The molecule has 6 heteroatoms. The van der Waals surface area contributed by atoms with E-state index in [1.807, 2.05) is 0 Å². The van der Waals surface area contributed by atoms with Gasteiger partial charge in [0.2, 0.25) is 0 Å². The van der Waals surface area contributed by atoms with Crippen LogP contribution in [0.15, 0.2) is 6.07 Å². The molecule has 1 heterocycles. The van der Waals surface area contributed by atoms with Crippen molar-refractivity contribution in [3.8, 4) is 0 Å². The number of hydrogen-bond donors (Lipinski definition) is 3. The summed E-state index contributed by atoms with van der Waals surface area (Å²) in [6.45, 7) is 1.51. The summed E-state index contributed by atoms with van der Waals surface area (Å²) < 4.78 is 0. The molecule has 0 spiro atoms. The van der Waals surface area contributed by atoms with Gasteiger partial charge in [-0.1, -0.05) is 0 Å². The van der Waals surface area contributed by atoms with Gasteiger partial charge in [-0.2, -0.15) is 5.10 Å². The van der Waals surface area contributed by atoms with Crippen molar-refractivity contribution < 1.29 is 15.0 Å². The molecule has 0 atom stereocenters. The Labute approximate surface area is 74.2 Å². The highest BCUT2D eigenvalue weighted by molar-refractivity contribution is 5.81. The Bertz CT molecular complexity index is 327. The monoisotopic (exact) mass is 183 g/mol. The molecule has 0 aliphatic carbocycles. The highest BCUT2D eigenvalue weighted by Gasteiger charge is 2.03. The maximum absolute atomic E-state index is 10.2. The fourth-order valence-electron chi connectivity index (χ4n) is 0.837. The van der Waals surface area contributed by atoms with Gasteiger partial charge in [0.15, 0.2) is 5.82 Å². The minimum absolute atomic E-state index is 0.155. The van der Waals surface area contributed by atoms with Gasteiger partial charge in [-0.25, -0.2) is 4.79 Å². The average molecular weight is 183 g/mol. The lowest BCUT2D eigenvalue weighted by Crippen LogP contribution is -2.10. The molecular weight excluding hydrogens is 174 g/mol. The van der Waals surface area contributed by atoms with Gasteiger partial charge in [0, 0.05) is 0 Å². The van der Waals surface area contributed by atoms with E-state index >= 15 is 0 Å². The molecule has 13 heavy (non-hydrogen) atoms. The van der Waals surface area contributed by atoms with Crippen LogP contribution in [0.1, 0.15) is 11.3 Å². The Morgan fingerprint density at radius 1 is 1.62 bits per heavy atom. The highest BCUT2D eigenvalue weighted by Crippen LogP contribution is 2.08. The average Bonchev–Trinajstić information content (AvgIpc) is 2.03. The molecule has 0 fully saturated rings. The minimum atomic E-state index is -1.19. The summed E-state index contributed by atoms with van der Waals surface area (Å²) in [7, 11) is 0. The van der Waals surface area contributed by atoms with Crippen molar-refractivity contribution in [3.63, 3.8) is 0 Å². The zero-order valence-electron chi connectivity index (χ0n) is 6.98. The third-order valence-electron chi connectivity index (χ3n) is 1.47. The third kappa shape index (κ3) is 2.38. The van der Waals surface area contributed by atoms with E-state index in [1.165, 1.54) is 6.07 Å². The molecule has 0 unspecified atom stereocenters. The summed E-state index contributed by atoms with van der Waals surface area (Å²) in [5.74, 6) is 0.155. The maximum atomic E-state index is 10.2. The standard InChI is InChI=1S/C7H9N3O3/c1-4-2-6(8-7(12)13)10-9-5(4)3-11/h2,11H,3H2,1H3,(H,8,10)(H,12,13). The molecule has 6 nitrogen and oxygen atoms in total. The number of nitrogens with one attached hydrogen (secondary N) is 1. The first-order valence-electron chi connectivity index (χ1n) is 3.57. The maximum Gasteiger partial charge on any atom is 0.410 e. The van der Waals surface area contributed by atoms with Crippen molar-refractivity contribution in [1.29, 1.82) is 0 Å². The summed E-state index contributed by atoms with van der Waals surface area (Å²) in [6, 6.07) is 1.51. The number of aliphatic hydroxyl groups excluding tert-OH is 1. The van der Waals surface area contributed by atoms with Gasteiger partial charge in [-0.15, -0.1) is 5.10 Å². The van der Waals surface area contributed by atoms with Crippen molar-refractivity contribution >= 4 is 11.9 Å². The smallest absolute Gasteiger partial charge is 0.410 e. The van der Waals surface area contributed by atoms with Crippen LogP contribution in [-0.4, -0.2) is 26.5 Å². The molecule has 0 saturated heterocycles. The van der Waals surface area contributed by atoms with Crippen molar-refractivity contribution in [1.82, 2.24) is 10.2 Å². The van der Waals surface area contributed by atoms with E-state index in [2.05, 4.69) is 15.5 Å². The second kappa shape index (κ2) is 3.81. The minimum Gasteiger partial charge on any atom is -0.465 e. The summed E-state index contributed by atoms with van der Waals surface area (Å²) in [5.41, 5.74) is 1.14. The predicted molar refractivity (Wildman–Crippen MR) is 44.3 cm³/mol. The number of carbonyl (C=O) groups is 1. The second-order valence-corrected chi connectivity index (χ2v) is 2.45. The van der Waals surface area contributed by atoms with Crippen molar-refractivity contribution in [2.24, 2.45) is 0 Å². The van der Waals surface area contributed by atoms with Gasteiger partial charge in [-0.3, -0.25) is 5.32 Å². The number of aromatic nitrogens is 2. The molecule has 70 valence electrons. The molecule has 0 saturated carbocycles. The molecule has 1 rings (SSSR count). The van der Waals surface area contributed by atoms with Gasteiger partial charge < -0.3 is 10.2 Å². The van der Waals surface area contributed by atoms with E-state index in [0.29, 0.717) is 11.3 Å². The third-order valence-corrected chi connectivity index (χ3v) is 1.47. The summed E-state index contributed by atoms with van der Waals surface area (Å²) in [6.07, 6.45) is -1.19. The van der Waals surface area contributed by atoms with E-state index in [-0.39, 0.29) is 12.4 Å². The quantitative estimate of drug-likeness (QED) is 0.615. The predicted octanol–water partition coefficient (Wildman–Crippen LogP) is 0.367. The molecule has 0 bridgehead atoms. The van der Waals surface area contributed by atoms with Crippen molar-refractivity contribution in [3.05, 3.63) is 17.3 Å². The number of nitrogens with zero attached hydrogens (tertiary/aromatic N) is 2. The van der Waals surface area contributed by atoms with Crippen molar-refractivity contribution in [2.75, 3.05) is 5.32 Å². The normalized spacial score (nSPS) is 9.69. The first kappa shape index (κ1) is 9.40. The van der Waals surface area contributed by atoms with Crippen molar-refractivity contribution in [2.45, 2.75) is 13.5 Å². The number of rotatable bonds is 2. The number of hydrogen-bond acceptors (Lipinski definition) is 4. The first-order valence-corrected chi connectivity index (χ1v) is 3.57. The molecule has 1 aromatic rings. The fraction of sp³-hybridized carbons (Fsp3) is 0.286. The van der Waals surface area contributed by atoms with E-state index in [1.54, 1.807) is 6.92 Å². The number of aliphatic hydroxyl groups is 1. The Balaban J connectivity index is 2.89. The van der Waals surface area contributed by atoms with Crippen LogP contribution in [0.5, 0.6) is 0 Å². The first-order chi connectivity index (χ1) is 6.13. The summed E-state index contributed by atoms with van der Waals surface area (Å²) >= 11 is 0. The zero-order valence-corrected chi connectivity index (χ0v) is 6.98. The Morgan fingerprint density at radius 2 is 2.31 bits per heavy atom. The topological polar surface area (TPSA) is 95.3 Å². The number of amides is 1. The zero-order chi connectivity index (χ0) is 9.84. The van der Waals surface area contributed by atoms with E-state index in [0.717, 1.165) is 0 Å². The molecule has 0 radical (unpaired) electrons. The second-order valence-electron chi connectivity index (χ2n) is 2.45. The van der Waals surface area contributed by atoms with E-state index in [4.69, 9.17) is 10.2 Å². The van der Waals surface area contributed by atoms with Crippen LogP contribution >= 0.6 is 0 Å². The summed E-state index contributed by atoms with van der Waals surface area (Å²) in [4.78, 5) is 10.2. The van der Waals surface area contributed by atoms with E-state index < -0.39 is 6.09 Å². The van der Waals surface area contributed by atoms with Crippen LogP contribution in [0.4, 0.5) is 10.6 Å². The molecule has 1 aromatic heterocycles. The molecule has 1 amide bonds. The summed E-state index contributed by atoms with van der Waals surface area (Å²) in [5, 5.41) is 26.3. The van der Waals surface area contributed by atoms with Gasteiger partial charge in [-0.05, 0) is 18.6 Å². The van der Waals surface area contributed by atoms with Crippen LogP contribution in [-0.2, 0) is 6.61 Å². The Hall–Kier alpha value is -1.69. The van der Waals surface area contributed by atoms with Crippen LogP contribution in [0.2, 0.25) is 0 Å². The fourth-order valence-corrected chi connectivity index (χ4v) is 0.837. The molecule has 0 aliphatic heterocycles. The van der Waals surface area contributed by atoms with Crippen LogP contribution in [0.25, 0.3) is 0 Å². The van der Waals surface area contributed by atoms with Gasteiger partial charge in [0.05, 0.1) is 12.3 Å². The number of carboxylic acid groups (broad SMARTS) is 1. The van der Waals surface area contributed by atoms with Crippen LogP contribution < -0.4 is 5.32 Å². The van der Waals surface area contributed by atoms with Crippen LogP contribution in [0.3, 0.4) is 0 Å². The SMILES string of the molecule is Cc1cc(NC(=O)O)nnc1CO. The lowest BCUT2D eigenvalue weighted by Gasteiger charge is -2.02. The highest BCUT2D eigenvalue weighted by atomic mass is 16.4. The van der Waals surface area contributed by atoms with Gasteiger partial charge in [0.25, 0.3) is 0 Å². The van der Waals surface area contributed by atoms with Crippen LogP contribution in [0, 0.1) is 6.92 Å². The van der Waals surface area contributed by atoms with Gasteiger partial charge >= 0.3 is 6.09 Å². The number of aryl methyl sites for hydroxylation is 1. The van der Waals surface area contributed by atoms with Gasteiger partial charge in [0.1, 0.15) is 0 Å². The van der Waals surface area contributed by atoms with E-state index in [9.17, 15) is 4.79 Å². The Morgan fingerprint density at radius 3 is 2.77 bits per heavy atom. The lowest BCUT2D eigenvalue weighted by atomic mass is 10.2. The Kier molecular flexibility index (Phi) is 2.76. The lowest BCUT2D eigenvalue weighted by molar-refractivity contribution is 0.209. The molecular formula is C7H9N3O3. The molecule has 0 aromatic carbocycles. The molecule has 0 aliphatic rings. The number of anilines is 1. The molecule has 3 N–H and O–H groups in total. The largest absolute Gasteiger partial charge is 0.465 e.